The lowest BCUT2D eigenvalue weighted by Gasteiger charge is -2.42. The van der Waals surface area contributed by atoms with Crippen molar-refractivity contribution in [1.82, 2.24) is 5.32 Å². The van der Waals surface area contributed by atoms with E-state index in [0.29, 0.717) is 17.7 Å². The Bertz CT molecular complexity index is 458. The molecule has 0 aromatic heterocycles. The largest absolute Gasteiger partial charge is 0.494 e. The van der Waals surface area contributed by atoms with Crippen molar-refractivity contribution >= 4 is 0 Å². The summed E-state index contributed by atoms with van der Waals surface area (Å²) < 4.78 is 25.3. The Morgan fingerprint density at radius 1 is 1.24 bits per heavy atom. The third kappa shape index (κ3) is 3.38. The molecule has 0 aliphatic heterocycles. The predicted octanol–water partition coefficient (Wildman–Crippen LogP) is 3.31. The highest BCUT2D eigenvalue weighted by molar-refractivity contribution is 5.32. The maximum atomic E-state index is 14.4. The molecule has 21 heavy (non-hydrogen) atoms. The second-order valence-corrected chi connectivity index (χ2v) is 5.81. The van der Waals surface area contributed by atoms with Crippen molar-refractivity contribution < 1.29 is 13.9 Å². The van der Waals surface area contributed by atoms with Crippen LogP contribution in [0.25, 0.3) is 0 Å². The summed E-state index contributed by atoms with van der Waals surface area (Å²) in [6.45, 7) is 0. The Morgan fingerprint density at radius 2 is 1.95 bits per heavy atom. The SMILES string of the molecule is CNC(Cc1cccc(OC)c1F)C1(OC)CCCCC1. The molecule has 0 spiro atoms. The van der Waals surface area contributed by atoms with Crippen LogP contribution in [0.4, 0.5) is 4.39 Å². The molecule has 1 aliphatic rings. The summed E-state index contributed by atoms with van der Waals surface area (Å²) in [6.07, 6.45) is 6.27. The van der Waals surface area contributed by atoms with Crippen LogP contribution in [0.1, 0.15) is 37.7 Å². The molecule has 0 bridgehead atoms. The lowest BCUT2D eigenvalue weighted by atomic mass is 9.77. The minimum absolute atomic E-state index is 0.101. The zero-order valence-electron chi connectivity index (χ0n) is 13.2. The lowest BCUT2D eigenvalue weighted by molar-refractivity contribution is -0.0658. The minimum Gasteiger partial charge on any atom is -0.494 e. The number of hydrogen-bond donors (Lipinski definition) is 1. The van der Waals surface area contributed by atoms with Crippen LogP contribution in [0.5, 0.6) is 5.75 Å². The van der Waals surface area contributed by atoms with Gasteiger partial charge in [0.2, 0.25) is 0 Å². The molecule has 1 atom stereocenters. The van der Waals surface area contributed by atoms with Gasteiger partial charge in [-0.25, -0.2) is 4.39 Å². The fourth-order valence-corrected chi connectivity index (χ4v) is 3.49. The van der Waals surface area contributed by atoms with Crippen LogP contribution in [0.15, 0.2) is 18.2 Å². The van der Waals surface area contributed by atoms with Gasteiger partial charge in [-0.05, 0) is 37.9 Å². The van der Waals surface area contributed by atoms with Gasteiger partial charge in [0.1, 0.15) is 0 Å². The highest BCUT2D eigenvalue weighted by atomic mass is 19.1. The first kappa shape index (κ1) is 16.2. The molecule has 2 rings (SSSR count). The van der Waals surface area contributed by atoms with Crippen molar-refractivity contribution in [3.8, 4) is 5.75 Å². The van der Waals surface area contributed by atoms with Crippen LogP contribution in [0, 0.1) is 5.82 Å². The van der Waals surface area contributed by atoms with Crippen molar-refractivity contribution in [2.75, 3.05) is 21.3 Å². The molecule has 1 saturated carbocycles. The number of methoxy groups -OCH3 is 2. The number of hydrogen-bond acceptors (Lipinski definition) is 3. The van der Waals surface area contributed by atoms with Gasteiger partial charge in [0.25, 0.3) is 0 Å². The summed E-state index contributed by atoms with van der Waals surface area (Å²) in [5.41, 5.74) is 0.485. The molecule has 3 nitrogen and oxygen atoms in total. The summed E-state index contributed by atoms with van der Waals surface area (Å²) in [5.74, 6) is 0.0415. The van der Waals surface area contributed by atoms with E-state index < -0.39 is 0 Å². The molecule has 0 radical (unpaired) electrons. The van der Waals surface area contributed by atoms with E-state index in [-0.39, 0.29) is 17.5 Å². The normalized spacial score (nSPS) is 19.2. The molecular weight excluding hydrogens is 269 g/mol. The zero-order chi connectivity index (χ0) is 15.3. The number of likely N-dealkylation sites (N-methyl/N-ethyl adjacent to an activating group) is 1. The maximum absolute atomic E-state index is 14.4. The van der Waals surface area contributed by atoms with Gasteiger partial charge in [0, 0.05) is 13.2 Å². The second kappa shape index (κ2) is 7.23. The summed E-state index contributed by atoms with van der Waals surface area (Å²) in [5, 5.41) is 3.34. The van der Waals surface area contributed by atoms with Gasteiger partial charge >= 0.3 is 0 Å². The number of benzene rings is 1. The van der Waals surface area contributed by atoms with Gasteiger partial charge in [0.05, 0.1) is 12.7 Å². The van der Waals surface area contributed by atoms with E-state index in [1.165, 1.54) is 26.4 Å². The first-order chi connectivity index (χ1) is 10.2. The number of rotatable bonds is 6. The van der Waals surface area contributed by atoms with E-state index in [4.69, 9.17) is 9.47 Å². The van der Waals surface area contributed by atoms with E-state index in [0.717, 1.165) is 12.8 Å². The lowest BCUT2D eigenvalue weighted by Crippen LogP contribution is -2.53. The fourth-order valence-electron chi connectivity index (χ4n) is 3.49. The first-order valence-electron chi connectivity index (χ1n) is 7.70. The fraction of sp³-hybridized carbons (Fsp3) is 0.647. The van der Waals surface area contributed by atoms with Crippen molar-refractivity contribution in [2.24, 2.45) is 0 Å². The van der Waals surface area contributed by atoms with E-state index in [1.54, 1.807) is 13.2 Å². The van der Waals surface area contributed by atoms with Crippen molar-refractivity contribution in [2.45, 2.75) is 50.2 Å². The van der Waals surface area contributed by atoms with Crippen LogP contribution in [-0.4, -0.2) is 32.9 Å². The molecule has 1 aromatic carbocycles. The standard InChI is InChI=1S/C17H26FNO2/c1-19-15(17(21-3)10-5-4-6-11-17)12-13-8-7-9-14(20-2)16(13)18/h7-9,15,19H,4-6,10-12H2,1-3H3. The van der Waals surface area contributed by atoms with Gasteiger partial charge in [-0.2, -0.15) is 0 Å². The van der Waals surface area contributed by atoms with E-state index in [1.807, 2.05) is 19.2 Å². The van der Waals surface area contributed by atoms with Crippen molar-refractivity contribution in [1.29, 1.82) is 0 Å². The van der Waals surface area contributed by atoms with Crippen LogP contribution < -0.4 is 10.1 Å². The summed E-state index contributed by atoms with van der Waals surface area (Å²) in [4.78, 5) is 0. The number of ether oxygens (including phenoxy) is 2. The molecule has 1 unspecified atom stereocenters. The Morgan fingerprint density at radius 3 is 2.52 bits per heavy atom. The van der Waals surface area contributed by atoms with Gasteiger partial charge < -0.3 is 14.8 Å². The monoisotopic (exact) mass is 295 g/mol. The Labute approximate surface area is 126 Å². The van der Waals surface area contributed by atoms with Gasteiger partial charge in [-0.1, -0.05) is 31.4 Å². The Balaban J connectivity index is 2.22. The van der Waals surface area contributed by atoms with Crippen LogP contribution >= 0.6 is 0 Å². The molecule has 0 amide bonds. The number of halogens is 1. The smallest absolute Gasteiger partial charge is 0.168 e. The van der Waals surface area contributed by atoms with Gasteiger partial charge in [-0.3, -0.25) is 0 Å². The maximum Gasteiger partial charge on any atom is 0.168 e. The summed E-state index contributed by atoms with van der Waals surface area (Å²) in [6, 6.07) is 5.42. The third-order valence-corrected chi connectivity index (χ3v) is 4.78. The molecule has 1 aliphatic carbocycles. The molecule has 4 heteroatoms. The van der Waals surface area contributed by atoms with E-state index in [2.05, 4.69) is 5.32 Å². The highest BCUT2D eigenvalue weighted by Gasteiger charge is 2.39. The molecule has 1 fully saturated rings. The quantitative estimate of drug-likeness (QED) is 0.873. The van der Waals surface area contributed by atoms with Gasteiger partial charge in [-0.15, -0.1) is 0 Å². The van der Waals surface area contributed by atoms with Crippen LogP contribution in [0.3, 0.4) is 0 Å². The molecule has 118 valence electrons. The molecule has 1 aromatic rings. The molecule has 1 N–H and O–H groups in total. The second-order valence-electron chi connectivity index (χ2n) is 5.81. The minimum atomic E-state index is -0.262. The molecule has 0 heterocycles. The molecular formula is C17H26FNO2. The first-order valence-corrected chi connectivity index (χ1v) is 7.70. The third-order valence-electron chi connectivity index (χ3n) is 4.78. The molecule has 0 saturated heterocycles. The number of nitrogens with one attached hydrogen (secondary N) is 1. The summed E-state index contributed by atoms with van der Waals surface area (Å²) >= 11 is 0. The highest BCUT2D eigenvalue weighted by Crippen LogP contribution is 2.36. The topological polar surface area (TPSA) is 30.5 Å². The average Bonchev–Trinajstić information content (AvgIpc) is 2.54. The van der Waals surface area contributed by atoms with Crippen LogP contribution in [-0.2, 0) is 11.2 Å². The van der Waals surface area contributed by atoms with Gasteiger partial charge in [0.15, 0.2) is 11.6 Å². The van der Waals surface area contributed by atoms with Crippen molar-refractivity contribution in [3.63, 3.8) is 0 Å². The Hall–Kier alpha value is -1.13. The Kier molecular flexibility index (Phi) is 5.59. The van der Waals surface area contributed by atoms with Crippen molar-refractivity contribution in [3.05, 3.63) is 29.6 Å². The summed E-state index contributed by atoms with van der Waals surface area (Å²) in [7, 11) is 5.20. The van der Waals surface area contributed by atoms with E-state index >= 15 is 0 Å². The van der Waals surface area contributed by atoms with E-state index in [9.17, 15) is 4.39 Å². The average molecular weight is 295 g/mol. The predicted molar refractivity (Wildman–Crippen MR) is 82.3 cm³/mol. The zero-order valence-corrected chi connectivity index (χ0v) is 13.2. The van der Waals surface area contributed by atoms with Crippen LogP contribution in [0.2, 0.25) is 0 Å².